The average Bonchev–Trinajstić information content (AvgIpc) is 3.12. The molecule has 3 aromatic rings. The molecule has 0 radical (unpaired) electrons. The van der Waals surface area contributed by atoms with E-state index in [0.29, 0.717) is 12.2 Å². The first-order chi connectivity index (χ1) is 10.5. The summed E-state index contributed by atoms with van der Waals surface area (Å²) in [5, 5.41) is 26.5. The van der Waals surface area contributed by atoms with Gasteiger partial charge in [0, 0.05) is 12.7 Å². The van der Waals surface area contributed by atoms with Crippen LogP contribution in [-0.2, 0) is 6.54 Å². The number of carboxylic acid groups (broad SMARTS) is 2. The number of nitrogens with zero attached hydrogens (tertiary/aromatic N) is 5. The fraction of sp³-hybridized carbons (Fsp3) is 0.154. The van der Waals surface area contributed by atoms with Gasteiger partial charge in [0.25, 0.3) is 0 Å². The number of carbonyl (C=O) groups is 2. The first-order valence-electron chi connectivity index (χ1n) is 6.40. The first kappa shape index (κ1) is 13.7. The standard InChI is InChI=1S/C13H11N5O4/c1-2-17-4-3-8(16-17)9-5-10(13(21)22)18-11(15-9)7(6-14-18)12(19)20/h3-6H,2H2,1H3,(H,19,20)(H,21,22). The highest BCUT2D eigenvalue weighted by atomic mass is 16.4. The van der Waals surface area contributed by atoms with Crippen molar-refractivity contribution in [3.63, 3.8) is 0 Å². The van der Waals surface area contributed by atoms with Gasteiger partial charge in [-0.2, -0.15) is 10.2 Å². The van der Waals surface area contributed by atoms with Gasteiger partial charge >= 0.3 is 11.9 Å². The minimum absolute atomic E-state index is 0.0338. The van der Waals surface area contributed by atoms with E-state index in [0.717, 1.165) is 10.7 Å². The van der Waals surface area contributed by atoms with Gasteiger partial charge in [0.1, 0.15) is 11.3 Å². The minimum Gasteiger partial charge on any atom is -0.477 e. The number of rotatable bonds is 4. The van der Waals surface area contributed by atoms with Gasteiger partial charge < -0.3 is 10.2 Å². The molecular weight excluding hydrogens is 290 g/mol. The molecule has 3 heterocycles. The quantitative estimate of drug-likeness (QED) is 0.737. The molecule has 9 nitrogen and oxygen atoms in total. The fourth-order valence-electron chi connectivity index (χ4n) is 2.07. The van der Waals surface area contributed by atoms with Crippen molar-refractivity contribution in [1.82, 2.24) is 24.4 Å². The number of aryl methyl sites for hydroxylation is 1. The monoisotopic (exact) mass is 301 g/mol. The van der Waals surface area contributed by atoms with Crippen LogP contribution in [-0.4, -0.2) is 46.5 Å². The zero-order valence-corrected chi connectivity index (χ0v) is 11.5. The summed E-state index contributed by atoms with van der Waals surface area (Å²) in [4.78, 5) is 26.8. The van der Waals surface area contributed by atoms with Crippen LogP contribution in [0.25, 0.3) is 17.0 Å². The van der Waals surface area contributed by atoms with Crippen molar-refractivity contribution in [3.8, 4) is 11.4 Å². The van der Waals surface area contributed by atoms with Crippen molar-refractivity contribution >= 4 is 17.6 Å². The van der Waals surface area contributed by atoms with Gasteiger partial charge in [-0.25, -0.2) is 19.1 Å². The number of fused-ring (bicyclic) bond motifs is 1. The van der Waals surface area contributed by atoms with Crippen LogP contribution < -0.4 is 0 Å². The molecule has 112 valence electrons. The summed E-state index contributed by atoms with van der Waals surface area (Å²) in [6.07, 6.45) is 2.81. The maximum absolute atomic E-state index is 11.4. The third-order valence-corrected chi connectivity index (χ3v) is 3.15. The summed E-state index contributed by atoms with van der Waals surface area (Å²) in [6, 6.07) is 3.00. The average molecular weight is 301 g/mol. The molecule has 0 aliphatic rings. The summed E-state index contributed by atoms with van der Waals surface area (Å²) < 4.78 is 2.66. The van der Waals surface area contributed by atoms with E-state index in [1.165, 1.54) is 6.07 Å². The maximum Gasteiger partial charge on any atom is 0.354 e. The Morgan fingerprint density at radius 2 is 2.00 bits per heavy atom. The molecule has 2 N–H and O–H groups in total. The molecule has 22 heavy (non-hydrogen) atoms. The van der Waals surface area contributed by atoms with Crippen LogP contribution in [0.4, 0.5) is 0 Å². The van der Waals surface area contributed by atoms with E-state index in [-0.39, 0.29) is 22.6 Å². The Hall–Kier alpha value is -3.23. The lowest BCUT2D eigenvalue weighted by Gasteiger charge is -2.03. The summed E-state index contributed by atoms with van der Waals surface area (Å²) in [7, 11) is 0. The summed E-state index contributed by atoms with van der Waals surface area (Å²) in [5.41, 5.74) is 0.357. The molecule has 3 aromatic heterocycles. The zero-order chi connectivity index (χ0) is 15.9. The van der Waals surface area contributed by atoms with Gasteiger partial charge in [-0.15, -0.1) is 0 Å². The van der Waals surface area contributed by atoms with Crippen LogP contribution in [0, 0.1) is 0 Å². The normalized spacial score (nSPS) is 11.0. The molecule has 3 rings (SSSR count). The Morgan fingerprint density at radius 1 is 1.23 bits per heavy atom. The Morgan fingerprint density at radius 3 is 2.59 bits per heavy atom. The lowest BCUT2D eigenvalue weighted by Crippen LogP contribution is -2.09. The number of hydrogen-bond acceptors (Lipinski definition) is 5. The largest absolute Gasteiger partial charge is 0.477 e. The Balaban J connectivity index is 2.29. The fourth-order valence-corrected chi connectivity index (χ4v) is 2.07. The van der Waals surface area contributed by atoms with Crippen molar-refractivity contribution in [1.29, 1.82) is 0 Å². The molecule has 0 saturated heterocycles. The molecule has 0 saturated carbocycles. The SMILES string of the molecule is CCn1ccc(-c2cc(C(=O)O)n3ncc(C(=O)O)c3n2)n1. The first-order valence-corrected chi connectivity index (χ1v) is 6.40. The van der Waals surface area contributed by atoms with Crippen LogP contribution in [0.5, 0.6) is 0 Å². The second kappa shape index (κ2) is 4.95. The van der Waals surface area contributed by atoms with Crippen LogP contribution >= 0.6 is 0 Å². The third kappa shape index (κ3) is 2.08. The molecule has 9 heteroatoms. The van der Waals surface area contributed by atoms with E-state index in [1.54, 1.807) is 16.9 Å². The molecule has 0 atom stereocenters. The van der Waals surface area contributed by atoms with Crippen molar-refractivity contribution < 1.29 is 19.8 Å². The minimum atomic E-state index is -1.23. The van der Waals surface area contributed by atoms with Crippen LogP contribution in [0.1, 0.15) is 27.8 Å². The second-order valence-corrected chi connectivity index (χ2v) is 4.49. The number of hydrogen-bond donors (Lipinski definition) is 2. The van der Waals surface area contributed by atoms with Gasteiger partial charge in [-0.1, -0.05) is 0 Å². The predicted molar refractivity (Wildman–Crippen MR) is 73.8 cm³/mol. The topological polar surface area (TPSA) is 123 Å². The van der Waals surface area contributed by atoms with E-state index < -0.39 is 11.9 Å². The molecule has 0 unspecified atom stereocenters. The van der Waals surface area contributed by atoms with Crippen molar-refractivity contribution in [3.05, 3.63) is 35.8 Å². The Kier molecular flexibility index (Phi) is 3.09. The van der Waals surface area contributed by atoms with Gasteiger partial charge in [-0.05, 0) is 19.1 Å². The van der Waals surface area contributed by atoms with Gasteiger partial charge in [-0.3, -0.25) is 4.68 Å². The highest BCUT2D eigenvalue weighted by molar-refractivity contribution is 5.96. The second-order valence-electron chi connectivity index (χ2n) is 4.49. The Bertz CT molecular complexity index is 895. The van der Waals surface area contributed by atoms with Crippen LogP contribution in [0.15, 0.2) is 24.5 Å². The number of aromatic carboxylic acids is 2. The molecule has 0 aliphatic carbocycles. The Labute approximate surface area is 123 Å². The van der Waals surface area contributed by atoms with Gasteiger partial charge in [0.15, 0.2) is 11.3 Å². The molecule has 0 spiro atoms. The smallest absolute Gasteiger partial charge is 0.354 e. The van der Waals surface area contributed by atoms with Gasteiger partial charge in [0.05, 0.1) is 11.9 Å². The lowest BCUT2D eigenvalue weighted by atomic mass is 10.2. The third-order valence-electron chi connectivity index (χ3n) is 3.15. The molecular formula is C13H11N5O4. The summed E-state index contributed by atoms with van der Waals surface area (Å²) >= 11 is 0. The highest BCUT2D eigenvalue weighted by Gasteiger charge is 2.20. The van der Waals surface area contributed by atoms with E-state index in [9.17, 15) is 14.7 Å². The van der Waals surface area contributed by atoms with Crippen molar-refractivity contribution in [2.24, 2.45) is 0 Å². The number of aromatic nitrogens is 5. The van der Waals surface area contributed by atoms with Crippen LogP contribution in [0.3, 0.4) is 0 Å². The van der Waals surface area contributed by atoms with Crippen molar-refractivity contribution in [2.75, 3.05) is 0 Å². The highest BCUT2D eigenvalue weighted by Crippen LogP contribution is 2.20. The molecule has 0 fully saturated rings. The van der Waals surface area contributed by atoms with Gasteiger partial charge in [0.2, 0.25) is 0 Å². The predicted octanol–water partition coefficient (Wildman–Crippen LogP) is 1.01. The van der Waals surface area contributed by atoms with Crippen LogP contribution in [0.2, 0.25) is 0 Å². The zero-order valence-electron chi connectivity index (χ0n) is 11.5. The number of carboxylic acids is 2. The maximum atomic E-state index is 11.4. The van der Waals surface area contributed by atoms with E-state index >= 15 is 0 Å². The van der Waals surface area contributed by atoms with Crippen molar-refractivity contribution in [2.45, 2.75) is 13.5 Å². The van der Waals surface area contributed by atoms with E-state index in [4.69, 9.17) is 5.11 Å². The molecule has 0 bridgehead atoms. The summed E-state index contributed by atoms with van der Waals surface area (Å²) in [5.74, 6) is -2.46. The molecule has 0 amide bonds. The lowest BCUT2D eigenvalue weighted by molar-refractivity contribution is 0.0678. The van der Waals surface area contributed by atoms with E-state index in [1.807, 2.05) is 6.92 Å². The summed E-state index contributed by atoms with van der Waals surface area (Å²) in [6.45, 7) is 2.57. The molecule has 0 aromatic carbocycles. The van der Waals surface area contributed by atoms with E-state index in [2.05, 4.69) is 15.2 Å². The molecule has 0 aliphatic heterocycles.